The van der Waals surface area contributed by atoms with Crippen molar-refractivity contribution in [1.82, 2.24) is 5.32 Å². The number of benzene rings is 1. The Bertz CT molecular complexity index is 313. The summed E-state index contributed by atoms with van der Waals surface area (Å²) in [6.07, 6.45) is 5.04. The second kappa shape index (κ2) is 9.88. The van der Waals surface area contributed by atoms with Crippen LogP contribution >= 0.6 is 27.7 Å². The summed E-state index contributed by atoms with van der Waals surface area (Å²) in [6, 6.07) is 9.29. The zero-order valence-electron chi connectivity index (χ0n) is 11.4. The van der Waals surface area contributed by atoms with E-state index >= 15 is 0 Å². The summed E-state index contributed by atoms with van der Waals surface area (Å²) in [7, 11) is 0. The number of thioether (sulfide) groups is 1. The van der Waals surface area contributed by atoms with Gasteiger partial charge in [-0.2, -0.15) is 0 Å². The lowest BCUT2D eigenvalue weighted by atomic mass is 10.1. The molecule has 1 rings (SSSR count). The molecule has 1 aromatic carbocycles. The Kier molecular flexibility index (Phi) is 8.82. The molecule has 1 aromatic rings. The molecular weight excluding hydrogens is 306 g/mol. The largest absolute Gasteiger partial charge is 0.314 e. The fourth-order valence-electron chi connectivity index (χ4n) is 1.85. The Morgan fingerprint density at radius 2 is 1.94 bits per heavy atom. The van der Waals surface area contributed by atoms with Crippen LogP contribution in [0.4, 0.5) is 0 Å². The van der Waals surface area contributed by atoms with Crippen LogP contribution in [-0.4, -0.2) is 18.3 Å². The van der Waals surface area contributed by atoms with Crippen LogP contribution in [0.3, 0.4) is 0 Å². The van der Waals surface area contributed by atoms with Gasteiger partial charge in [-0.25, -0.2) is 0 Å². The minimum atomic E-state index is 0.704. The molecule has 1 nitrogen and oxygen atoms in total. The van der Waals surface area contributed by atoms with Crippen LogP contribution in [0, 0.1) is 0 Å². The minimum Gasteiger partial charge on any atom is -0.314 e. The Hall–Kier alpha value is 0.01000. The quantitative estimate of drug-likeness (QED) is 0.499. The first kappa shape index (κ1) is 16.1. The first-order valence-corrected chi connectivity index (χ1v) is 8.65. The van der Waals surface area contributed by atoms with Gasteiger partial charge in [0.25, 0.3) is 0 Å². The fourth-order valence-corrected chi connectivity index (χ4v) is 2.99. The normalized spacial score (nSPS) is 12.6. The van der Waals surface area contributed by atoms with Crippen molar-refractivity contribution in [3.05, 3.63) is 28.7 Å². The first-order valence-electron chi connectivity index (χ1n) is 6.88. The minimum absolute atomic E-state index is 0.704. The first-order chi connectivity index (χ1) is 8.76. The van der Waals surface area contributed by atoms with Gasteiger partial charge in [0, 0.05) is 15.4 Å². The van der Waals surface area contributed by atoms with Crippen molar-refractivity contribution in [3.63, 3.8) is 0 Å². The van der Waals surface area contributed by atoms with Crippen LogP contribution in [0.25, 0.3) is 0 Å². The summed E-state index contributed by atoms with van der Waals surface area (Å²) >= 11 is 5.42. The molecule has 0 aliphatic heterocycles. The van der Waals surface area contributed by atoms with Gasteiger partial charge in [-0.15, -0.1) is 11.8 Å². The molecule has 0 saturated heterocycles. The molecule has 0 amide bonds. The van der Waals surface area contributed by atoms with Gasteiger partial charge in [0.15, 0.2) is 0 Å². The second-order valence-corrected chi connectivity index (χ2v) is 6.59. The van der Waals surface area contributed by atoms with E-state index < -0.39 is 0 Å². The van der Waals surface area contributed by atoms with E-state index in [1.54, 1.807) is 0 Å². The third-order valence-electron chi connectivity index (χ3n) is 2.96. The van der Waals surface area contributed by atoms with Crippen molar-refractivity contribution in [2.24, 2.45) is 0 Å². The zero-order valence-corrected chi connectivity index (χ0v) is 13.8. The van der Waals surface area contributed by atoms with Crippen molar-refractivity contribution in [3.8, 4) is 0 Å². The lowest BCUT2D eigenvalue weighted by Gasteiger charge is -2.16. The van der Waals surface area contributed by atoms with Crippen LogP contribution in [0.5, 0.6) is 0 Å². The summed E-state index contributed by atoms with van der Waals surface area (Å²) in [5.41, 5.74) is 0. The van der Waals surface area contributed by atoms with Crippen LogP contribution in [-0.2, 0) is 0 Å². The molecule has 0 aliphatic carbocycles. The molecule has 0 bridgehead atoms. The molecule has 18 heavy (non-hydrogen) atoms. The highest BCUT2D eigenvalue weighted by molar-refractivity contribution is 9.10. The Labute approximate surface area is 124 Å². The molecular formula is C15H24BrNS. The Balaban J connectivity index is 2.15. The van der Waals surface area contributed by atoms with Crippen molar-refractivity contribution in [2.45, 2.75) is 50.5 Å². The standard InChI is InChI=1S/C15H24BrNS/c1-3-11-17-14(4-2)6-5-12-18-15-9-7-13(16)8-10-15/h7-10,14,17H,3-6,11-12H2,1-2H3. The average Bonchev–Trinajstić information content (AvgIpc) is 2.40. The fraction of sp³-hybridized carbons (Fsp3) is 0.600. The van der Waals surface area contributed by atoms with E-state index in [1.165, 1.54) is 36.3 Å². The summed E-state index contributed by atoms with van der Waals surface area (Å²) in [5.74, 6) is 1.21. The second-order valence-electron chi connectivity index (χ2n) is 4.50. The smallest absolute Gasteiger partial charge is 0.0176 e. The van der Waals surface area contributed by atoms with Crippen molar-refractivity contribution < 1.29 is 0 Å². The summed E-state index contributed by atoms with van der Waals surface area (Å²) in [5, 5.41) is 3.61. The van der Waals surface area contributed by atoms with Crippen LogP contribution in [0.2, 0.25) is 0 Å². The van der Waals surface area contributed by atoms with Gasteiger partial charge < -0.3 is 5.32 Å². The molecule has 1 N–H and O–H groups in total. The SMILES string of the molecule is CCCNC(CC)CCCSc1ccc(Br)cc1. The predicted molar refractivity (Wildman–Crippen MR) is 86.5 cm³/mol. The van der Waals surface area contributed by atoms with Crippen molar-refractivity contribution in [2.75, 3.05) is 12.3 Å². The highest BCUT2D eigenvalue weighted by Crippen LogP contribution is 2.22. The van der Waals surface area contributed by atoms with E-state index in [9.17, 15) is 0 Å². The molecule has 0 aromatic heterocycles. The van der Waals surface area contributed by atoms with Gasteiger partial charge in [-0.1, -0.05) is 29.8 Å². The van der Waals surface area contributed by atoms with E-state index in [0.717, 1.165) is 11.0 Å². The number of nitrogens with one attached hydrogen (secondary N) is 1. The lowest BCUT2D eigenvalue weighted by Crippen LogP contribution is -2.29. The number of rotatable bonds is 9. The Morgan fingerprint density at radius 1 is 1.22 bits per heavy atom. The maximum atomic E-state index is 3.61. The maximum Gasteiger partial charge on any atom is 0.0176 e. The molecule has 3 heteroatoms. The van der Waals surface area contributed by atoms with Gasteiger partial charge in [0.2, 0.25) is 0 Å². The third-order valence-corrected chi connectivity index (χ3v) is 4.58. The van der Waals surface area contributed by atoms with E-state index in [0.29, 0.717) is 6.04 Å². The topological polar surface area (TPSA) is 12.0 Å². The van der Waals surface area contributed by atoms with E-state index in [-0.39, 0.29) is 0 Å². The lowest BCUT2D eigenvalue weighted by molar-refractivity contribution is 0.465. The molecule has 0 fully saturated rings. The number of halogens is 1. The van der Waals surface area contributed by atoms with Gasteiger partial charge in [0.05, 0.1) is 0 Å². The van der Waals surface area contributed by atoms with Crippen LogP contribution < -0.4 is 5.32 Å². The number of hydrogen-bond donors (Lipinski definition) is 1. The summed E-state index contributed by atoms with van der Waals surface area (Å²) < 4.78 is 1.15. The molecule has 0 spiro atoms. The van der Waals surface area contributed by atoms with Gasteiger partial charge in [-0.3, -0.25) is 0 Å². The molecule has 0 saturated carbocycles. The van der Waals surface area contributed by atoms with Gasteiger partial charge in [-0.05, 0) is 62.2 Å². The molecule has 0 aliphatic rings. The van der Waals surface area contributed by atoms with E-state index in [2.05, 4.69) is 59.4 Å². The zero-order chi connectivity index (χ0) is 13.2. The maximum absolute atomic E-state index is 3.61. The number of hydrogen-bond acceptors (Lipinski definition) is 2. The molecule has 0 radical (unpaired) electrons. The molecule has 1 atom stereocenters. The average molecular weight is 330 g/mol. The van der Waals surface area contributed by atoms with Crippen molar-refractivity contribution in [1.29, 1.82) is 0 Å². The van der Waals surface area contributed by atoms with E-state index in [1.807, 2.05) is 11.8 Å². The van der Waals surface area contributed by atoms with Gasteiger partial charge >= 0.3 is 0 Å². The van der Waals surface area contributed by atoms with Crippen LogP contribution in [0.1, 0.15) is 39.5 Å². The monoisotopic (exact) mass is 329 g/mol. The summed E-state index contributed by atoms with van der Waals surface area (Å²) in [4.78, 5) is 1.37. The highest BCUT2D eigenvalue weighted by Gasteiger charge is 2.04. The Morgan fingerprint density at radius 3 is 2.56 bits per heavy atom. The van der Waals surface area contributed by atoms with Gasteiger partial charge in [0.1, 0.15) is 0 Å². The molecule has 102 valence electrons. The van der Waals surface area contributed by atoms with E-state index in [4.69, 9.17) is 0 Å². The van der Waals surface area contributed by atoms with Crippen molar-refractivity contribution >= 4 is 27.7 Å². The predicted octanol–water partition coefficient (Wildman–Crippen LogP) is 5.10. The third kappa shape index (κ3) is 6.81. The van der Waals surface area contributed by atoms with Crippen LogP contribution in [0.15, 0.2) is 33.6 Å². The molecule has 0 heterocycles. The molecule has 1 unspecified atom stereocenters. The highest BCUT2D eigenvalue weighted by atomic mass is 79.9. The summed E-state index contributed by atoms with van der Waals surface area (Å²) in [6.45, 7) is 5.65.